The molecule has 0 heterocycles. The summed E-state index contributed by atoms with van der Waals surface area (Å²) in [5.41, 5.74) is 2.83. The van der Waals surface area contributed by atoms with Gasteiger partial charge in [0.1, 0.15) is 0 Å². The summed E-state index contributed by atoms with van der Waals surface area (Å²) in [7, 11) is 0. The highest BCUT2D eigenvalue weighted by Crippen LogP contribution is 2.63. The van der Waals surface area contributed by atoms with Crippen LogP contribution >= 0.6 is 0 Å². The van der Waals surface area contributed by atoms with Crippen LogP contribution in [0, 0.1) is 49.4 Å². The molecule has 0 aromatic heterocycles. The lowest BCUT2D eigenvalue weighted by Gasteiger charge is -2.41. The maximum Gasteiger partial charge on any atom is 0.307 e. The van der Waals surface area contributed by atoms with Crippen molar-refractivity contribution >= 4 is 17.6 Å². The minimum absolute atomic E-state index is 0.0243. The molecule has 1 amide bonds. The first kappa shape index (κ1) is 14.5. The molecule has 2 fully saturated rings. The van der Waals surface area contributed by atoms with Crippen molar-refractivity contribution in [2.45, 2.75) is 20.3 Å². The second kappa shape index (κ2) is 4.95. The Morgan fingerprint density at radius 2 is 1.61 bits per heavy atom. The summed E-state index contributed by atoms with van der Waals surface area (Å²) in [6.07, 6.45) is 5.20. The van der Waals surface area contributed by atoms with Crippen molar-refractivity contribution in [1.29, 1.82) is 0 Å². The average molecular weight is 311 g/mol. The van der Waals surface area contributed by atoms with Crippen molar-refractivity contribution in [2.24, 2.45) is 35.5 Å². The summed E-state index contributed by atoms with van der Waals surface area (Å²) in [6, 6.07) is 5.88. The Morgan fingerprint density at radius 3 is 2.17 bits per heavy atom. The molecule has 0 radical (unpaired) electrons. The van der Waals surface area contributed by atoms with Gasteiger partial charge in [-0.25, -0.2) is 0 Å². The zero-order chi connectivity index (χ0) is 16.3. The molecule has 0 spiro atoms. The number of aryl methyl sites for hydroxylation is 2. The first-order chi connectivity index (χ1) is 11.0. The molecular weight excluding hydrogens is 290 g/mol. The van der Waals surface area contributed by atoms with Crippen LogP contribution in [0.4, 0.5) is 5.69 Å². The van der Waals surface area contributed by atoms with Gasteiger partial charge < -0.3 is 10.4 Å². The fourth-order valence-corrected chi connectivity index (χ4v) is 4.79. The number of carboxylic acids is 1. The monoisotopic (exact) mass is 311 g/mol. The minimum atomic E-state index is -0.837. The third-order valence-electron chi connectivity index (χ3n) is 5.97. The summed E-state index contributed by atoms with van der Waals surface area (Å²) in [5, 5.41) is 12.7. The fraction of sp³-hybridized carbons (Fsp3) is 0.474. The topological polar surface area (TPSA) is 66.4 Å². The molecule has 4 nitrogen and oxygen atoms in total. The number of carboxylic acid groups (broad SMARTS) is 1. The van der Waals surface area contributed by atoms with Crippen LogP contribution in [0.2, 0.25) is 0 Å². The second-order valence-corrected chi connectivity index (χ2v) is 7.25. The van der Waals surface area contributed by atoms with Crippen LogP contribution in [0.3, 0.4) is 0 Å². The molecule has 120 valence electrons. The highest BCUT2D eigenvalue weighted by molar-refractivity contribution is 5.97. The van der Waals surface area contributed by atoms with E-state index >= 15 is 0 Å². The number of hydrogen-bond acceptors (Lipinski definition) is 2. The highest BCUT2D eigenvalue weighted by Gasteiger charge is 2.62. The van der Waals surface area contributed by atoms with Gasteiger partial charge in [-0.1, -0.05) is 30.4 Å². The molecule has 1 aromatic rings. The van der Waals surface area contributed by atoms with E-state index in [4.69, 9.17) is 0 Å². The van der Waals surface area contributed by atoms with E-state index < -0.39 is 17.8 Å². The summed E-state index contributed by atoms with van der Waals surface area (Å²) >= 11 is 0. The molecule has 4 aliphatic rings. The van der Waals surface area contributed by atoms with Gasteiger partial charge in [0.25, 0.3) is 0 Å². The Kier molecular flexibility index (Phi) is 3.12. The molecule has 6 atom stereocenters. The van der Waals surface area contributed by atoms with Crippen LogP contribution in [-0.2, 0) is 9.59 Å². The van der Waals surface area contributed by atoms with Gasteiger partial charge in [0.05, 0.1) is 11.8 Å². The lowest BCUT2D eigenvalue weighted by atomic mass is 9.62. The average Bonchev–Trinajstić information content (AvgIpc) is 3.32. The Bertz CT molecular complexity index is 703. The number of fused-ring (bicyclic) bond motifs is 1. The highest BCUT2D eigenvalue weighted by atomic mass is 16.4. The van der Waals surface area contributed by atoms with Gasteiger partial charge in [0.15, 0.2) is 0 Å². The number of para-hydroxylation sites is 1. The molecule has 2 bridgehead atoms. The molecule has 0 aliphatic heterocycles. The van der Waals surface area contributed by atoms with E-state index in [0.717, 1.165) is 23.2 Å². The smallest absolute Gasteiger partial charge is 0.307 e. The second-order valence-electron chi connectivity index (χ2n) is 7.25. The third-order valence-corrected chi connectivity index (χ3v) is 5.97. The molecule has 4 heteroatoms. The maximum absolute atomic E-state index is 12.9. The third kappa shape index (κ3) is 2.12. The molecule has 0 saturated heterocycles. The van der Waals surface area contributed by atoms with Crippen LogP contribution in [0.25, 0.3) is 0 Å². The number of rotatable bonds is 3. The van der Waals surface area contributed by atoms with Crippen molar-refractivity contribution in [3.8, 4) is 0 Å². The van der Waals surface area contributed by atoms with Gasteiger partial charge in [-0.2, -0.15) is 0 Å². The van der Waals surface area contributed by atoms with Gasteiger partial charge in [0, 0.05) is 5.69 Å². The SMILES string of the molecule is Cc1cccc(C)c1NC(=O)[C@@H]1[C@H]2C=C[C@H]([C@H]3C[C@H]23)[C@@H]1C(=O)O. The lowest BCUT2D eigenvalue weighted by Crippen LogP contribution is -2.48. The van der Waals surface area contributed by atoms with E-state index in [0.29, 0.717) is 11.8 Å². The normalized spacial score (nSPS) is 36.4. The number of carbonyl (C=O) groups is 2. The molecular formula is C19H21NO3. The maximum atomic E-state index is 12.9. The van der Waals surface area contributed by atoms with Crippen molar-refractivity contribution in [3.05, 3.63) is 41.5 Å². The standard InChI is InChI=1S/C19H21NO3/c1-9-4-3-5-10(2)17(9)20-18(21)15-11-6-7-12(14-8-13(11)14)16(15)19(22)23/h3-7,11-16H,8H2,1-2H3,(H,20,21)(H,22,23)/t11-,12+,13+,14+,15+,16-/m0/s1. The molecule has 5 rings (SSSR count). The van der Waals surface area contributed by atoms with Gasteiger partial charge in [-0.3, -0.25) is 9.59 Å². The molecule has 23 heavy (non-hydrogen) atoms. The first-order valence-electron chi connectivity index (χ1n) is 8.27. The number of aliphatic carboxylic acids is 1. The van der Waals surface area contributed by atoms with E-state index in [-0.39, 0.29) is 17.7 Å². The van der Waals surface area contributed by atoms with E-state index in [2.05, 4.69) is 11.4 Å². The summed E-state index contributed by atoms with van der Waals surface area (Å²) in [4.78, 5) is 24.7. The van der Waals surface area contributed by atoms with Crippen LogP contribution in [-0.4, -0.2) is 17.0 Å². The van der Waals surface area contributed by atoms with E-state index in [1.165, 1.54) is 0 Å². The lowest BCUT2D eigenvalue weighted by molar-refractivity contribution is -0.152. The number of allylic oxidation sites excluding steroid dienone is 2. The zero-order valence-corrected chi connectivity index (χ0v) is 13.3. The number of anilines is 1. The molecule has 4 aliphatic carbocycles. The Labute approximate surface area is 135 Å². The molecule has 0 unspecified atom stereocenters. The van der Waals surface area contributed by atoms with E-state index in [1.807, 2.05) is 38.1 Å². The Hall–Kier alpha value is -2.10. The minimum Gasteiger partial charge on any atom is -0.481 e. The Balaban J connectivity index is 1.65. The summed E-state index contributed by atoms with van der Waals surface area (Å²) in [5.74, 6) is -0.921. The van der Waals surface area contributed by atoms with Crippen LogP contribution in [0.5, 0.6) is 0 Å². The molecule has 2 saturated carbocycles. The zero-order valence-electron chi connectivity index (χ0n) is 13.3. The predicted octanol–water partition coefficient (Wildman–Crippen LogP) is 3.01. The van der Waals surface area contributed by atoms with Crippen molar-refractivity contribution in [1.82, 2.24) is 0 Å². The largest absolute Gasteiger partial charge is 0.481 e. The molecule has 2 N–H and O–H groups in total. The van der Waals surface area contributed by atoms with Crippen LogP contribution < -0.4 is 5.32 Å². The van der Waals surface area contributed by atoms with Gasteiger partial charge in [-0.05, 0) is 55.1 Å². The van der Waals surface area contributed by atoms with Crippen LogP contribution in [0.1, 0.15) is 17.5 Å². The Morgan fingerprint density at radius 1 is 1.04 bits per heavy atom. The fourth-order valence-electron chi connectivity index (χ4n) is 4.79. The van der Waals surface area contributed by atoms with Crippen molar-refractivity contribution in [2.75, 3.05) is 5.32 Å². The number of amides is 1. The number of benzene rings is 1. The van der Waals surface area contributed by atoms with Gasteiger partial charge in [-0.15, -0.1) is 0 Å². The van der Waals surface area contributed by atoms with Gasteiger partial charge in [0.2, 0.25) is 5.91 Å². The van der Waals surface area contributed by atoms with E-state index in [9.17, 15) is 14.7 Å². The first-order valence-corrected chi connectivity index (χ1v) is 8.27. The van der Waals surface area contributed by atoms with E-state index in [1.54, 1.807) is 0 Å². The van der Waals surface area contributed by atoms with Crippen molar-refractivity contribution < 1.29 is 14.7 Å². The summed E-state index contributed by atoms with van der Waals surface area (Å²) < 4.78 is 0. The predicted molar refractivity (Wildman–Crippen MR) is 86.9 cm³/mol. The summed E-state index contributed by atoms with van der Waals surface area (Å²) in [6.45, 7) is 3.92. The van der Waals surface area contributed by atoms with Crippen LogP contribution in [0.15, 0.2) is 30.4 Å². The number of nitrogens with one attached hydrogen (secondary N) is 1. The number of carbonyl (C=O) groups excluding carboxylic acids is 1. The van der Waals surface area contributed by atoms with Crippen molar-refractivity contribution in [3.63, 3.8) is 0 Å². The van der Waals surface area contributed by atoms with Gasteiger partial charge >= 0.3 is 5.97 Å². The number of hydrogen-bond donors (Lipinski definition) is 2. The quantitative estimate of drug-likeness (QED) is 0.843. The molecule has 1 aromatic carbocycles.